The van der Waals surface area contributed by atoms with E-state index in [1.165, 1.54) is 17.3 Å². The van der Waals surface area contributed by atoms with Gasteiger partial charge < -0.3 is 19.5 Å². The van der Waals surface area contributed by atoms with Crippen molar-refractivity contribution in [3.8, 4) is 0 Å². The SMILES string of the molecule is CN(CCONC(=O)c1cc2c(ncn2C)c(F)c1Nc1ccc(Br)cc1Cl)C(=O)OC(C)(C)C. The van der Waals surface area contributed by atoms with Crippen molar-refractivity contribution in [1.29, 1.82) is 0 Å². The van der Waals surface area contributed by atoms with E-state index in [4.69, 9.17) is 21.2 Å². The van der Waals surface area contributed by atoms with E-state index in [1.54, 1.807) is 57.6 Å². The molecule has 12 heteroatoms. The number of aryl methyl sites for hydroxylation is 1. The van der Waals surface area contributed by atoms with Crippen LogP contribution in [0.3, 0.4) is 0 Å². The van der Waals surface area contributed by atoms with Gasteiger partial charge in [-0.1, -0.05) is 27.5 Å². The standard InChI is InChI=1S/C23H26BrClFN5O4/c1-23(2,3)35-22(33)30(4)8-9-34-29-21(32)14-11-17-20(27-12-31(17)5)18(26)19(14)28-16-7-6-13(24)10-15(16)25/h6-7,10-12,28H,8-9H2,1-5H3,(H,29,32). The van der Waals surface area contributed by atoms with Crippen LogP contribution in [0.4, 0.5) is 20.6 Å². The van der Waals surface area contributed by atoms with E-state index < -0.39 is 23.4 Å². The number of hydroxylamine groups is 1. The van der Waals surface area contributed by atoms with E-state index in [-0.39, 0.29) is 29.9 Å². The van der Waals surface area contributed by atoms with Gasteiger partial charge in [0.25, 0.3) is 5.91 Å². The van der Waals surface area contributed by atoms with Crippen LogP contribution in [0.2, 0.25) is 5.02 Å². The van der Waals surface area contributed by atoms with Gasteiger partial charge in [-0.25, -0.2) is 19.6 Å². The van der Waals surface area contributed by atoms with Crippen LogP contribution < -0.4 is 10.8 Å². The first-order valence-electron chi connectivity index (χ1n) is 10.6. The van der Waals surface area contributed by atoms with E-state index in [2.05, 4.69) is 31.7 Å². The number of nitrogens with zero attached hydrogens (tertiary/aromatic N) is 3. The highest BCUT2D eigenvalue weighted by Crippen LogP contribution is 2.34. The molecule has 0 unspecified atom stereocenters. The lowest BCUT2D eigenvalue weighted by Gasteiger charge is -2.24. The Bertz CT molecular complexity index is 1260. The summed E-state index contributed by atoms with van der Waals surface area (Å²) in [6.07, 6.45) is 0.934. The molecule has 0 bridgehead atoms. The van der Waals surface area contributed by atoms with E-state index >= 15 is 4.39 Å². The Labute approximate surface area is 215 Å². The summed E-state index contributed by atoms with van der Waals surface area (Å²) < 4.78 is 23.1. The lowest BCUT2D eigenvalue weighted by Crippen LogP contribution is -2.37. The maximum atomic E-state index is 15.4. The molecule has 2 N–H and O–H groups in total. The molecule has 3 rings (SSSR count). The number of likely N-dealkylation sites (N-methyl/N-ethyl adjacent to an activating group) is 1. The zero-order valence-corrected chi connectivity index (χ0v) is 22.3. The number of benzene rings is 2. The number of nitrogens with one attached hydrogen (secondary N) is 2. The van der Waals surface area contributed by atoms with Gasteiger partial charge in [-0.15, -0.1) is 0 Å². The Morgan fingerprint density at radius 2 is 2.00 bits per heavy atom. The number of carbonyl (C=O) groups excluding carboxylic acids is 2. The van der Waals surface area contributed by atoms with Gasteiger partial charge in [0, 0.05) is 25.1 Å². The van der Waals surface area contributed by atoms with Crippen molar-refractivity contribution in [3.63, 3.8) is 0 Å². The smallest absolute Gasteiger partial charge is 0.410 e. The second-order valence-corrected chi connectivity index (χ2v) is 10.1. The number of aromatic nitrogens is 2. The fraction of sp³-hybridized carbons (Fsp3) is 0.348. The van der Waals surface area contributed by atoms with E-state index in [9.17, 15) is 9.59 Å². The average Bonchev–Trinajstić information content (AvgIpc) is 3.14. The van der Waals surface area contributed by atoms with Crippen molar-refractivity contribution in [2.45, 2.75) is 26.4 Å². The van der Waals surface area contributed by atoms with Gasteiger partial charge in [0.1, 0.15) is 11.1 Å². The van der Waals surface area contributed by atoms with Crippen LogP contribution in [0.1, 0.15) is 31.1 Å². The molecule has 9 nitrogen and oxygen atoms in total. The lowest BCUT2D eigenvalue weighted by atomic mass is 10.1. The normalized spacial score (nSPS) is 11.4. The van der Waals surface area contributed by atoms with Crippen molar-refractivity contribution >= 4 is 61.9 Å². The monoisotopic (exact) mass is 569 g/mol. The minimum atomic E-state index is -0.711. The van der Waals surface area contributed by atoms with Gasteiger partial charge in [-0.2, -0.15) is 0 Å². The van der Waals surface area contributed by atoms with Crippen LogP contribution in [0, 0.1) is 5.82 Å². The number of hydrogen-bond acceptors (Lipinski definition) is 6. The molecule has 0 atom stereocenters. The van der Waals surface area contributed by atoms with Crippen molar-refractivity contribution in [1.82, 2.24) is 19.9 Å². The molecule has 1 heterocycles. The van der Waals surface area contributed by atoms with Crippen molar-refractivity contribution < 1.29 is 23.6 Å². The van der Waals surface area contributed by atoms with E-state index in [1.807, 2.05) is 0 Å². The molecule has 1 aromatic heterocycles. The maximum absolute atomic E-state index is 15.4. The molecule has 0 aliphatic rings. The minimum Gasteiger partial charge on any atom is -0.444 e. The Hall–Kier alpha value is -2.89. The molecular weight excluding hydrogens is 545 g/mol. The molecule has 0 saturated carbocycles. The Kier molecular flexibility index (Phi) is 8.24. The van der Waals surface area contributed by atoms with Crippen LogP contribution in [0.25, 0.3) is 11.0 Å². The molecule has 2 aromatic carbocycles. The molecule has 0 radical (unpaired) electrons. The van der Waals surface area contributed by atoms with Crippen LogP contribution >= 0.6 is 27.5 Å². The maximum Gasteiger partial charge on any atom is 0.410 e. The summed E-state index contributed by atoms with van der Waals surface area (Å²) in [7, 11) is 3.24. The number of carbonyl (C=O) groups is 2. The fourth-order valence-corrected chi connectivity index (χ4v) is 3.76. The number of ether oxygens (including phenoxy) is 1. The van der Waals surface area contributed by atoms with Crippen molar-refractivity contribution in [2.75, 3.05) is 25.5 Å². The number of fused-ring (bicyclic) bond motifs is 1. The zero-order chi connectivity index (χ0) is 25.9. The molecule has 35 heavy (non-hydrogen) atoms. The number of amides is 2. The highest BCUT2D eigenvalue weighted by atomic mass is 79.9. The third-order valence-electron chi connectivity index (χ3n) is 4.79. The van der Waals surface area contributed by atoms with Crippen molar-refractivity contribution in [2.24, 2.45) is 7.05 Å². The Balaban J connectivity index is 1.77. The molecule has 3 aromatic rings. The second-order valence-electron chi connectivity index (χ2n) is 8.77. The lowest BCUT2D eigenvalue weighted by molar-refractivity contribution is 0.00886. The molecular formula is C23H26BrClFN5O4. The highest BCUT2D eigenvalue weighted by Gasteiger charge is 2.23. The fourth-order valence-electron chi connectivity index (χ4n) is 3.04. The van der Waals surface area contributed by atoms with Crippen LogP contribution in [0.15, 0.2) is 35.1 Å². The first-order valence-corrected chi connectivity index (χ1v) is 11.8. The van der Waals surface area contributed by atoms with Gasteiger partial charge in [0.05, 0.1) is 40.4 Å². The van der Waals surface area contributed by atoms with Crippen LogP contribution in [-0.2, 0) is 16.6 Å². The number of imidazole rings is 1. The highest BCUT2D eigenvalue weighted by molar-refractivity contribution is 9.10. The van der Waals surface area contributed by atoms with Crippen molar-refractivity contribution in [3.05, 3.63) is 51.5 Å². The number of halogens is 3. The van der Waals surface area contributed by atoms with E-state index in [0.717, 1.165) is 4.47 Å². The number of hydrogen-bond donors (Lipinski definition) is 2. The molecule has 0 aliphatic carbocycles. The molecule has 0 aliphatic heterocycles. The Morgan fingerprint density at radius 3 is 2.66 bits per heavy atom. The summed E-state index contributed by atoms with van der Waals surface area (Å²) in [5, 5.41) is 3.23. The number of anilines is 2. The third-order valence-corrected chi connectivity index (χ3v) is 5.60. The predicted molar refractivity (Wildman–Crippen MR) is 135 cm³/mol. The average molecular weight is 571 g/mol. The summed E-state index contributed by atoms with van der Waals surface area (Å²) in [5.74, 6) is -1.40. The quantitative estimate of drug-likeness (QED) is 0.292. The first-order chi connectivity index (χ1) is 16.4. The molecule has 2 amide bonds. The largest absolute Gasteiger partial charge is 0.444 e. The first kappa shape index (κ1) is 26.7. The summed E-state index contributed by atoms with van der Waals surface area (Å²) in [6, 6.07) is 6.53. The topological polar surface area (TPSA) is 97.7 Å². The summed E-state index contributed by atoms with van der Waals surface area (Å²) in [4.78, 5) is 35.7. The third kappa shape index (κ3) is 6.62. The second kappa shape index (κ2) is 10.8. The summed E-state index contributed by atoms with van der Waals surface area (Å²) >= 11 is 9.61. The van der Waals surface area contributed by atoms with E-state index in [0.29, 0.717) is 16.2 Å². The summed E-state index contributed by atoms with van der Waals surface area (Å²) in [5.41, 5.74) is 2.47. The predicted octanol–water partition coefficient (Wildman–Crippen LogP) is 5.40. The van der Waals surface area contributed by atoms with Gasteiger partial charge in [-0.05, 0) is 45.0 Å². The summed E-state index contributed by atoms with van der Waals surface area (Å²) in [6.45, 7) is 5.44. The van der Waals surface area contributed by atoms with Gasteiger partial charge in [0.2, 0.25) is 0 Å². The zero-order valence-electron chi connectivity index (χ0n) is 19.9. The van der Waals surface area contributed by atoms with Crippen LogP contribution in [0.5, 0.6) is 0 Å². The molecule has 188 valence electrons. The van der Waals surface area contributed by atoms with Gasteiger partial charge in [0.15, 0.2) is 5.82 Å². The molecule has 0 fully saturated rings. The molecule has 0 spiro atoms. The molecule has 0 saturated heterocycles. The van der Waals surface area contributed by atoms with Gasteiger partial charge >= 0.3 is 6.09 Å². The number of rotatable bonds is 7. The van der Waals surface area contributed by atoms with Crippen LogP contribution in [-0.4, -0.2) is 52.3 Å². The minimum absolute atomic E-state index is 0.0147. The van der Waals surface area contributed by atoms with Gasteiger partial charge in [-0.3, -0.25) is 9.63 Å². The Morgan fingerprint density at radius 1 is 1.29 bits per heavy atom.